The Morgan fingerprint density at radius 2 is 1.75 bits per heavy atom. The largest absolute Gasteiger partial charge is 0.324 e. The Hall–Kier alpha value is -3.11. The summed E-state index contributed by atoms with van der Waals surface area (Å²) in [4.78, 5) is 27.7. The van der Waals surface area contributed by atoms with E-state index in [2.05, 4.69) is 5.32 Å². The summed E-state index contributed by atoms with van der Waals surface area (Å²) >= 11 is 6.27. The molecule has 3 aromatic rings. The third-order valence-corrected chi connectivity index (χ3v) is 5.19. The van der Waals surface area contributed by atoms with Gasteiger partial charge in [-0.25, -0.2) is 0 Å². The van der Waals surface area contributed by atoms with Gasteiger partial charge < -0.3 is 10.2 Å². The lowest BCUT2D eigenvalue weighted by Gasteiger charge is -2.31. The molecule has 1 heterocycles. The summed E-state index contributed by atoms with van der Waals surface area (Å²) in [5.74, 6) is -0.418. The monoisotopic (exact) mass is 390 g/mol. The Morgan fingerprint density at radius 1 is 1.04 bits per heavy atom. The van der Waals surface area contributed by atoms with Crippen LogP contribution in [0.4, 0.5) is 5.69 Å². The van der Waals surface area contributed by atoms with E-state index < -0.39 is 6.04 Å². The summed E-state index contributed by atoms with van der Waals surface area (Å²) in [6, 6.07) is 22.0. The van der Waals surface area contributed by atoms with Crippen LogP contribution in [0.3, 0.4) is 0 Å². The fourth-order valence-electron chi connectivity index (χ4n) is 3.63. The quantitative estimate of drug-likeness (QED) is 0.681. The van der Waals surface area contributed by atoms with Crippen LogP contribution in [-0.2, 0) is 4.79 Å². The predicted molar refractivity (Wildman–Crippen MR) is 111 cm³/mol. The van der Waals surface area contributed by atoms with Crippen molar-refractivity contribution in [3.05, 3.63) is 100 Å². The van der Waals surface area contributed by atoms with E-state index in [0.717, 1.165) is 16.7 Å². The van der Waals surface area contributed by atoms with E-state index >= 15 is 0 Å². The van der Waals surface area contributed by atoms with E-state index in [9.17, 15) is 9.59 Å². The molecule has 0 saturated carbocycles. The van der Waals surface area contributed by atoms with Crippen molar-refractivity contribution in [2.24, 2.45) is 0 Å². The average molecular weight is 391 g/mol. The van der Waals surface area contributed by atoms with E-state index in [1.807, 2.05) is 61.5 Å². The minimum atomic E-state index is -0.430. The third kappa shape index (κ3) is 3.39. The van der Waals surface area contributed by atoms with Crippen LogP contribution in [0.1, 0.15) is 33.1 Å². The van der Waals surface area contributed by atoms with Gasteiger partial charge in [0.2, 0.25) is 5.91 Å². The van der Waals surface area contributed by atoms with E-state index in [1.54, 1.807) is 23.1 Å². The number of halogens is 1. The van der Waals surface area contributed by atoms with Gasteiger partial charge in [-0.05, 0) is 42.3 Å². The third-order valence-electron chi connectivity index (χ3n) is 4.96. The number of hydrogen-bond donors (Lipinski definition) is 1. The molecule has 1 aliphatic rings. The highest BCUT2D eigenvalue weighted by atomic mass is 35.5. The molecular weight excluding hydrogens is 372 g/mol. The molecule has 2 amide bonds. The molecule has 1 aliphatic heterocycles. The lowest BCUT2D eigenvalue weighted by Crippen LogP contribution is -2.39. The molecule has 28 heavy (non-hydrogen) atoms. The fourth-order valence-corrected chi connectivity index (χ4v) is 3.81. The van der Waals surface area contributed by atoms with Gasteiger partial charge in [-0.15, -0.1) is 0 Å². The highest BCUT2D eigenvalue weighted by molar-refractivity contribution is 6.30. The highest BCUT2D eigenvalue weighted by Gasteiger charge is 2.34. The number of aryl methyl sites for hydroxylation is 1. The minimum Gasteiger partial charge on any atom is -0.324 e. The first-order valence-corrected chi connectivity index (χ1v) is 9.43. The molecule has 0 fully saturated rings. The first-order valence-electron chi connectivity index (χ1n) is 9.05. The number of amides is 2. The number of nitrogens with zero attached hydrogens (tertiary/aromatic N) is 1. The average Bonchev–Trinajstić information content (AvgIpc) is 2.84. The van der Waals surface area contributed by atoms with Crippen LogP contribution in [0.2, 0.25) is 5.02 Å². The van der Waals surface area contributed by atoms with E-state index in [4.69, 9.17) is 11.6 Å². The topological polar surface area (TPSA) is 49.4 Å². The molecule has 0 bridgehead atoms. The van der Waals surface area contributed by atoms with Crippen molar-refractivity contribution in [2.75, 3.05) is 11.9 Å². The van der Waals surface area contributed by atoms with Crippen molar-refractivity contribution >= 4 is 29.1 Å². The van der Waals surface area contributed by atoms with Crippen LogP contribution in [0, 0.1) is 6.92 Å². The van der Waals surface area contributed by atoms with Crippen molar-refractivity contribution in [2.45, 2.75) is 13.0 Å². The Labute approximate surface area is 168 Å². The summed E-state index contributed by atoms with van der Waals surface area (Å²) in [6.07, 6.45) is 0. The van der Waals surface area contributed by atoms with Gasteiger partial charge in [0.05, 0.1) is 6.04 Å². The number of benzene rings is 3. The number of nitrogens with one attached hydrogen (secondary N) is 1. The molecule has 0 spiro atoms. The number of fused-ring (bicyclic) bond motifs is 1. The SMILES string of the molecule is Cc1ccccc1C(=O)N1CC(=O)Nc2ccc(Cl)cc2[C@H]1c1ccccc1. The molecule has 0 radical (unpaired) electrons. The molecule has 0 unspecified atom stereocenters. The smallest absolute Gasteiger partial charge is 0.255 e. The molecule has 1 N–H and O–H groups in total. The normalized spacial score (nSPS) is 16.1. The number of rotatable bonds is 2. The van der Waals surface area contributed by atoms with Gasteiger partial charge in [-0.1, -0.05) is 60.1 Å². The van der Waals surface area contributed by atoms with Gasteiger partial charge >= 0.3 is 0 Å². The molecule has 3 aromatic carbocycles. The lowest BCUT2D eigenvalue weighted by atomic mass is 9.95. The number of hydrogen-bond acceptors (Lipinski definition) is 2. The zero-order valence-electron chi connectivity index (χ0n) is 15.4. The first kappa shape index (κ1) is 18.3. The van der Waals surface area contributed by atoms with Crippen LogP contribution in [-0.4, -0.2) is 23.3 Å². The van der Waals surface area contributed by atoms with Crippen molar-refractivity contribution < 1.29 is 9.59 Å². The molecule has 4 rings (SSSR count). The van der Waals surface area contributed by atoms with Gasteiger partial charge in [-0.3, -0.25) is 9.59 Å². The summed E-state index contributed by atoms with van der Waals surface area (Å²) in [5.41, 5.74) is 3.84. The van der Waals surface area contributed by atoms with Crippen LogP contribution in [0.5, 0.6) is 0 Å². The highest BCUT2D eigenvalue weighted by Crippen LogP contribution is 2.38. The number of anilines is 1. The summed E-state index contributed by atoms with van der Waals surface area (Å²) in [7, 11) is 0. The van der Waals surface area contributed by atoms with E-state index in [-0.39, 0.29) is 18.4 Å². The Bertz CT molecular complexity index is 1050. The van der Waals surface area contributed by atoms with Crippen molar-refractivity contribution in [1.29, 1.82) is 0 Å². The number of carbonyl (C=O) groups excluding carboxylic acids is 2. The molecule has 1 atom stereocenters. The molecule has 5 heteroatoms. The maximum atomic E-state index is 13.5. The second-order valence-electron chi connectivity index (χ2n) is 6.84. The summed E-state index contributed by atoms with van der Waals surface area (Å²) in [6.45, 7) is 1.85. The zero-order valence-corrected chi connectivity index (χ0v) is 16.1. The van der Waals surface area contributed by atoms with Crippen LogP contribution >= 0.6 is 11.6 Å². The molecule has 140 valence electrons. The molecular formula is C23H19ClN2O2. The van der Waals surface area contributed by atoms with Crippen molar-refractivity contribution in [1.82, 2.24) is 4.90 Å². The molecule has 0 saturated heterocycles. The van der Waals surface area contributed by atoms with Crippen molar-refractivity contribution in [3.8, 4) is 0 Å². The molecule has 4 nitrogen and oxygen atoms in total. The summed E-state index contributed by atoms with van der Waals surface area (Å²) in [5, 5.41) is 3.46. The van der Waals surface area contributed by atoms with Crippen LogP contribution in [0.25, 0.3) is 0 Å². The Kier molecular flexibility index (Phi) is 4.88. The summed E-state index contributed by atoms with van der Waals surface area (Å²) < 4.78 is 0. The first-order chi connectivity index (χ1) is 13.5. The van der Waals surface area contributed by atoms with Crippen LogP contribution in [0.15, 0.2) is 72.8 Å². The lowest BCUT2D eigenvalue weighted by molar-refractivity contribution is -0.117. The standard InChI is InChI=1S/C23H19ClN2O2/c1-15-7-5-6-10-18(15)23(28)26-14-21(27)25-20-12-11-17(24)13-19(20)22(26)16-8-3-2-4-9-16/h2-13,22H,14H2,1H3,(H,25,27)/t22-/m1/s1. The van der Waals surface area contributed by atoms with Crippen molar-refractivity contribution in [3.63, 3.8) is 0 Å². The van der Waals surface area contributed by atoms with Gasteiger partial charge in [0.15, 0.2) is 0 Å². The molecule has 0 aromatic heterocycles. The molecule has 0 aliphatic carbocycles. The van der Waals surface area contributed by atoms with Gasteiger partial charge in [0.25, 0.3) is 5.91 Å². The maximum absolute atomic E-state index is 13.5. The Morgan fingerprint density at radius 3 is 2.50 bits per heavy atom. The maximum Gasteiger partial charge on any atom is 0.255 e. The van der Waals surface area contributed by atoms with Gasteiger partial charge in [0, 0.05) is 21.8 Å². The fraction of sp³-hybridized carbons (Fsp3) is 0.130. The van der Waals surface area contributed by atoms with E-state index in [0.29, 0.717) is 16.3 Å². The van der Waals surface area contributed by atoms with E-state index in [1.165, 1.54) is 0 Å². The van der Waals surface area contributed by atoms with Gasteiger partial charge in [0.1, 0.15) is 6.54 Å². The second-order valence-corrected chi connectivity index (χ2v) is 7.28. The van der Waals surface area contributed by atoms with Gasteiger partial charge in [-0.2, -0.15) is 0 Å². The second kappa shape index (κ2) is 7.49. The number of carbonyl (C=O) groups is 2. The predicted octanol–water partition coefficient (Wildman–Crippen LogP) is 4.83. The zero-order chi connectivity index (χ0) is 19.7. The minimum absolute atomic E-state index is 0.0426. The Balaban J connectivity index is 1.91. The van der Waals surface area contributed by atoms with Crippen LogP contribution < -0.4 is 5.32 Å².